The Morgan fingerprint density at radius 3 is 2.54 bits per heavy atom. The molecule has 3 amide bonds. The van der Waals surface area contributed by atoms with E-state index in [1.165, 1.54) is 24.3 Å². The summed E-state index contributed by atoms with van der Waals surface area (Å²) in [4.78, 5) is 26.2. The lowest BCUT2D eigenvalue weighted by atomic mass is 10.0. The Labute approximate surface area is 144 Å². The second-order valence-electron chi connectivity index (χ2n) is 5.98. The number of nitrogens with zero attached hydrogens (tertiary/aromatic N) is 1. The van der Waals surface area contributed by atoms with E-state index in [2.05, 4.69) is 16.0 Å². The van der Waals surface area contributed by atoms with Crippen LogP contribution in [0.25, 0.3) is 0 Å². The maximum absolute atomic E-state index is 12.8. The van der Waals surface area contributed by atoms with E-state index in [-0.39, 0.29) is 29.8 Å². The summed E-state index contributed by atoms with van der Waals surface area (Å²) in [5, 5.41) is 8.79. The molecule has 0 spiro atoms. The van der Waals surface area contributed by atoms with Crippen LogP contribution in [-0.2, 0) is 4.79 Å². The summed E-state index contributed by atoms with van der Waals surface area (Å²) in [7, 11) is 0. The zero-order chi connectivity index (χ0) is 16.9. The smallest absolute Gasteiger partial charge is 0.319 e. The molecule has 24 heavy (non-hydrogen) atoms. The predicted octanol–water partition coefficient (Wildman–Crippen LogP) is 1.60. The van der Waals surface area contributed by atoms with Crippen molar-refractivity contribution in [1.82, 2.24) is 15.5 Å². The minimum absolute atomic E-state index is 0.0420. The van der Waals surface area contributed by atoms with Crippen LogP contribution in [0.3, 0.4) is 0 Å². The zero-order valence-corrected chi connectivity index (χ0v) is 14.1. The van der Waals surface area contributed by atoms with Crippen LogP contribution in [0.4, 0.5) is 14.9 Å². The van der Waals surface area contributed by atoms with Crippen LogP contribution in [0.2, 0.25) is 0 Å². The number of hydrogen-bond donors (Lipinski definition) is 3. The number of amides is 3. The highest BCUT2D eigenvalue weighted by Crippen LogP contribution is 2.16. The molecule has 2 aliphatic heterocycles. The topological polar surface area (TPSA) is 73.5 Å². The third-order valence-corrected chi connectivity index (χ3v) is 5.20. The highest BCUT2D eigenvalue weighted by atomic mass is 32.2. The molecule has 2 aliphatic rings. The van der Waals surface area contributed by atoms with E-state index < -0.39 is 0 Å². The van der Waals surface area contributed by atoms with Crippen molar-refractivity contribution >= 4 is 29.4 Å². The van der Waals surface area contributed by atoms with Gasteiger partial charge in [-0.1, -0.05) is 0 Å². The van der Waals surface area contributed by atoms with Crippen LogP contribution in [0.1, 0.15) is 12.8 Å². The molecule has 130 valence electrons. The number of likely N-dealkylation sites (tertiary alicyclic amines) is 1. The van der Waals surface area contributed by atoms with Crippen molar-refractivity contribution in [3.63, 3.8) is 0 Å². The van der Waals surface area contributed by atoms with E-state index in [0.29, 0.717) is 18.8 Å². The summed E-state index contributed by atoms with van der Waals surface area (Å²) in [5.74, 6) is 1.48. The van der Waals surface area contributed by atoms with Gasteiger partial charge in [-0.2, -0.15) is 0 Å². The highest BCUT2D eigenvalue weighted by molar-refractivity contribution is 7.99. The van der Waals surface area contributed by atoms with Crippen molar-refractivity contribution in [3.05, 3.63) is 30.1 Å². The number of hydrogen-bond acceptors (Lipinski definition) is 4. The number of piperidine rings is 1. The number of halogens is 1. The number of rotatable bonds is 3. The maximum Gasteiger partial charge on any atom is 0.319 e. The molecule has 3 rings (SSSR count). The number of carbonyl (C=O) groups is 2. The number of nitrogens with one attached hydrogen (secondary N) is 3. The molecule has 0 bridgehead atoms. The minimum atomic E-state index is -0.340. The summed E-state index contributed by atoms with van der Waals surface area (Å²) in [5.41, 5.74) is 0.548. The first-order chi connectivity index (χ1) is 11.6. The Morgan fingerprint density at radius 1 is 1.21 bits per heavy atom. The Morgan fingerprint density at radius 2 is 1.92 bits per heavy atom. The number of benzene rings is 1. The Hall–Kier alpha value is -1.80. The van der Waals surface area contributed by atoms with Gasteiger partial charge in [0, 0.05) is 36.4 Å². The molecule has 0 aromatic heterocycles. The molecule has 0 saturated carbocycles. The molecular formula is C16H21FN4O2S. The lowest BCUT2D eigenvalue weighted by Crippen LogP contribution is -2.51. The van der Waals surface area contributed by atoms with E-state index in [4.69, 9.17) is 0 Å². The molecule has 1 unspecified atom stereocenters. The molecule has 2 fully saturated rings. The summed E-state index contributed by atoms with van der Waals surface area (Å²) in [6.07, 6.45) is 1.48. The van der Waals surface area contributed by atoms with E-state index >= 15 is 0 Å². The van der Waals surface area contributed by atoms with Gasteiger partial charge in [0.2, 0.25) is 5.91 Å². The average molecular weight is 352 g/mol. The van der Waals surface area contributed by atoms with Gasteiger partial charge in [0.1, 0.15) is 5.82 Å². The second-order valence-corrected chi connectivity index (χ2v) is 7.01. The van der Waals surface area contributed by atoms with Crippen LogP contribution >= 0.6 is 11.8 Å². The van der Waals surface area contributed by atoms with Crippen molar-refractivity contribution in [1.29, 1.82) is 0 Å². The monoisotopic (exact) mass is 352 g/mol. The molecular weight excluding hydrogens is 331 g/mol. The largest absolute Gasteiger partial charge is 0.341 e. The van der Waals surface area contributed by atoms with Gasteiger partial charge in [0.05, 0.1) is 6.04 Å². The standard InChI is InChI=1S/C16H21FN4O2S/c17-11-1-3-12(4-2-11)19-16(23)20-13-5-7-21(8-6-13)15(22)14-9-24-10-18-14/h1-4,13-14,18H,5-10H2,(H2,19,20,23). The third kappa shape index (κ3) is 4.39. The first kappa shape index (κ1) is 17.0. The van der Waals surface area contributed by atoms with Crippen LogP contribution in [-0.4, -0.2) is 53.6 Å². The fourth-order valence-electron chi connectivity index (χ4n) is 2.90. The average Bonchev–Trinajstić information content (AvgIpc) is 3.11. The van der Waals surface area contributed by atoms with Gasteiger partial charge in [0.15, 0.2) is 0 Å². The van der Waals surface area contributed by atoms with Crippen molar-refractivity contribution in [3.8, 4) is 0 Å². The van der Waals surface area contributed by atoms with Gasteiger partial charge in [-0.15, -0.1) is 11.8 Å². The molecule has 1 aromatic carbocycles. The van der Waals surface area contributed by atoms with Crippen LogP contribution < -0.4 is 16.0 Å². The fourth-order valence-corrected chi connectivity index (χ4v) is 3.84. The third-order valence-electron chi connectivity index (χ3n) is 4.26. The Balaban J connectivity index is 1.42. The fraction of sp³-hybridized carbons (Fsp3) is 0.500. The summed E-state index contributed by atoms with van der Waals surface area (Å²) in [6.45, 7) is 1.31. The number of urea groups is 1. The van der Waals surface area contributed by atoms with Crippen LogP contribution in [0.5, 0.6) is 0 Å². The van der Waals surface area contributed by atoms with E-state index in [0.717, 1.165) is 24.5 Å². The molecule has 1 atom stereocenters. The number of anilines is 1. The van der Waals surface area contributed by atoms with Gasteiger partial charge < -0.3 is 15.5 Å². The molecule has 6 nitrogen and oxygen atoms in total. The summed E-state index contributed by atoms with van der Waals surface area (Å²) < 4.78 is 12.8. The Kier molecular flexibility index (Phi) is 5.57. The van der Waals surface area contributed by atoms with E-state index in [1.807, 2.05) is 4.90 Å². The quantitative estimate of drug-likeness (QED) is 0.773. The number of thioether (sulfide) groups is 1. The van der Waals surface area contributed by atoms with Crippen molar-refractivity contribution in [2.45, 2.75) is 24.9 Å². The molecule has 0 radical (unpaired) electrons. The highest BCUT2D eigenvalue weighted by Gasteiger charge is 2.30. The lowest BCUT2D eigenvalue weighted by molar-refractivity contribution is -0.133. The normalized spacial score (nSPS) is 21.5. The molecule has 0 aliphatic carbocycles. The van der Waals surface area contributed by atoms with E-state index in [9.17, 15) is 14.0 Å². The summed E-state index contributed by atoms with van der Waals surface area (Å²) in [6, 6.07) is 5.30. The van der Waals surface area contributed by atoms with Gasteiger partial charge in [-0.05, 0) is 37.1 Å². The van der Waals surface area contributed by atoms with Gasteiger partial charge in [-0.25, -0.2) is 9.18 Å². The summed E-state index contributed by atoms with van der Waals surface area (Å²) >= 11 is 1.74. The molecule has 2 saturated heterocycles. The van der Waals surface area contributed by atoms with Crippen LogP contribution in [0.15, 0.2) is 24.3 Å². The van der Waals surface area contributed by atoms with Gasteiger partial charge in [0.25, 0.3) is 0 Å². The van der Waals surface area contributed by atoms with Crippen molar-refractivity contribution in [2.75, 3.05) is 30.0 Å². The first-order valence-corrected chi connectivity index (χ1v) is 9.20. The van der Waals surface area contributed by atoms with Crippen molar-refractivity contribution < 1.29 is 14.0 Å². The lowest BCUT2D eigenvalue weighted by Gasteiger charge is -2.33. The SMILES string of the molecule is O=C(Nc1ccc(F)cc1)NC1CCN(C(=O)C2CSCN2)CC1. The maximum atomic E-state index is 12.8. The first-order valence-electron chi connectivity index (χ1n) is 8.05. The van der Waals surface area contributed by atoms with Gasteiger partial charge in [-0.3, -0.25) is 10.1 Å². The second kappa shape index (κ2) is 7.85. The molecule has 3 N–H and O–H groups in total. The minimum Gasteiger partial charge on any atom is -0.341 e. The number of carbonyl (C=O) groups excluding carboxylic acids is 2. The van der Waals surface area contributed by atoms with Crippen molar-refractivity contribution in [2.24, 2.45) is 0 Å². The zero-order valence-electron chi connectivity index (χ0n) is 13.3. The van der Waals surface area contributed by atoms with Gasteiger partial charge >= 0.3 is 6.03 Å². The van der Waals surface area contributed by atoms with E-state index in [1.54, 1.807) is 11.8 Å². The molecule has 2 heterocycles. The Bertz CT molecular complexity index is 584. The van der Waals surface area contributed by atoms with Crippen LogP contribution in [0, 0.1) is 5.82 Å². The molecule has 8 heteroatoms. The predicted molar refractivity (Wildman–Crippen MR) is 92.4 cm³/mol. The molecule has 1 aromatic rings.